The van der Waals surface area contributed by atoms with Gasteiger partial charge in [0.2, 0.25) is 0 Å². The number of aromatic nitrogens is 3. The van der Waals surface area contributed by atoms with Crippen LogP contribution >= 0.6 is 11.3 Å². The molecule has 3 aromatic rings. The van der Waals surface area contributed by atoms with Gasteiger partial charge in [-0.25, -0.2) is 14.5 Å². The molecule has 0 spiro atoms. The Hall–Kier alpha value is -3.00. The maximum atomic E-state index is 13.0. The number of carbonyl (C=O) groups is 2. The van der Waals surface area contributed by atoms with Crippen molar-refractivity contribution in [1.29, 1.82) is 0 Å². The van der Waals surface area contributed by atoms with Gasteiger partial charge in [0.05, 0.1) is 23.1 Å². The molecule has 2 heterocycles. The van der Waals surface area contributed by atoms with Crippen molar-refractivity contribution < 1.29 is 14.7 Å². The first-order valence-electron chi connectivity index (χ1n) is 9.11. The van der Waals surface area contributed by atoms with Crippen LogP contribution < -0.4 is 5.32 Å². The fraction of sp³-hybridized carbons (Fsp3) is 0.300. The van der Waals surface area contributed by atoms with E-state index >= 15 is 0 Å². The number of carbonyl (C=O) groups excluding carboxylic acids is 1. The van der Waals surface area contributed by atoms with Crippen LogP contribution in [0.2, 0.25) is 0 Å². The van der Waals surface area contributed by atoms with Crippen molar-refractivity contribution in [1.82, 2.24) is 20.1 Å². The van der Waals surface area contributed by atoms with Gasteiger partial charge in [-0.05, 0) is 44.9 Å². The van der Waals surface area contributed by atoms with E-state index in [4.69, 9.17) is 0 Å². The van der Waals surface area contributed by atoms with Crippen LogP contribution in [-0.4, -0.2) is 31.7 Å². The van der Waals surface area contributed by atoms with Crippen molar-refractivity contribution in [2.24, 2.45) is 0 Å². The van der Waals surface area contributed by atoms with Crippen LogP contribution in [0.15, 0.2) is 36.4 Å². The van der Waals surface area contributed by atoms with E-state index in [2.05, 4.69) is 15.4 Å². The van der Waals surface area contributed by atoms with Gasteiger partial charge in [0.1, 0.15) is 15.6 Å². The summed E-state index contributed by atoms with van der Waals surface area (Å²) in [7, 11) is 0. The van der Waals surface area contributed by atoms with Crippen LogP contribution in [0.4, 0.5) is 0 Å². The fourth-order valence-electron chi connectivity index (χ4n) is 3.04. The average molecular weight is 396 g/mol. The van der Waals surface area contributed by atoms with Gasteiger partial charge in [-0.2, -0.15) is 5.10 Å². The zero-order valence-corrected chi connectivity index (χ0v) is 16.4. The Labute approximate surface area is 166 Å². The molecule has 1 saturated carbocycles. The minimum Gasteiger partial charge on any atom is -0.477 e. The molecule has 1 aliphatic carbocycles. The third-order valence-corrected chi connectivity index (χ3v) is 6.01. The van der Waals surface area contributed by atoms with Gasteiger partial charge in [0.25, 0.3) is 5.91 Å². The normalized spacial score (nSPS) is 14.6. The van der Waals surface area contributed by atoms with E-state index in [-0.39, 0.29) is 10.8 Å². The summed E-state index contributed by atoms with van der Waals surface area (Å²) in [6, 6.07) is 11.0. The van der Waals surface area contributed by atoms with E-state index in [9.17, 15) is 14.7 Å². The topological polar surface area (TPSA) is 97.1 Å². The van der Waals surface area contributed by atoms with Crippen molar-refractivity contribution >= 4 is 23.2 Å². The van der Waals surface area contributed by atoms with Gasteiger partial charge in [-0.3, -0.25) is 4.79 Å². The van der Waals surface area contributed by atoms with E-state index in [1.807, 2.05) is 36.4 Å². The molecule has 1 aromatic carbocycles. The smallest absolute Gasteiger partial charge is 0.347 e. The Morgan fingerprint density at radius 2 is 2.00 bits per heavy atom. The maximum absolute atomic E-state index is 13.0. The number of thiazole rings is 1. The van der Waals surface area contributed by atoms with Crippen LogP contribution in [0.3, 0.4) is 0 Å². The largest absolute Gasteiger partial charge is 0.477 e. The van der Waals surface area contributed by atoms with E-state index in [1.165, 1.54) is 0 Å². The lowest BCUT2D eigenvalue weighted by Crippen LogP contribution is -2.28. The summed E-state index contributed by atoms with van der Waals surface area (Å²) >= 11 is 1.09. The molecule has 0 saturated heterocycles. The summed E-state index contributed by atoms with van der Waals surface area (Å²) in [4.78, 5) is 28.7. The summed E-state index contributed by atoms with van der Waals surface area (Å²) in [6.07, 6.45) is 2.19. The first-order chi connectivity index (χ1) is 13.4. The monoisotopic (exact) mass is 396 g/mol. The summed E-state index contributed by atoms with van der Waals surface area (Å²) < 4.78 is 1.67. The van der Waals surface area contributed by atoms with Gasteiger partial charge in [-0.15, -0.1) is 11.3 Å². The second-order valence-electron chi connectivity index (χ2n) is 6.94. The number of hydrogen-bond donors (Lipinski definition) is 2. The van der Waals surface area contributed by atoms with E-state index in [1.54, 1.807) is 18.5 Å². The molecule has 1 amide bonds. The molecule has 1 atom stereocenters. The Kier molecular flexibility index (Phi) is 4.72. The highest BCUT2D eigenvalue weighted by Crippen LogP contribution is 2.39. The average Bonchev–Trinajstić information content (AvgIpc) is 3.30. The zero-order valence-electron chi connectivity index (χ0n) is 15.5. The number of hydrogen-bond acceptors (Lipinski definition) is 5. The SMILES string of the molecule is Cc1nc(C(C)NC(=O)c2cc(C3CC3)nn2-c2ccccc2)sc1C(=O)O. The minimum absolute atomic E-state index is 0.196. The molecule has 0 radical (unpaired) electrons. The summed E-state index contributed by atoms with van der Waals surface area (Å²) in [6.45, 7) is 3.46. The van der Waals surface area contributed by atoms with Gasteiger partial charge >= 0.3 is 5.97 Å². The quantitative estimate of drug-likeness (QED) is 0.662. The number of rotatable bonds is 6. The Bertz CT molecular complexity index is 1040. The van der Waals surface area contributed by atoms with Gasteiger partial charge in [0.15, 0.2) is 0 Å². The predicted molar refractivity (Wildman–Crippen MR) is 105 cm³/mol. The lowest BCUT2D eigenvalue weighted by Gasteiger charge is -2.12. The first kappa shape index (κ1) is 18.4. The van der Waals surface area contributed by atoms with Crippen molar-refractivity contribution in [3.05, 3.63) is 63.4 Å². The molecule has 0 bridgehead atoms. The number of nitrogens with one attached hydrogen (secondary N) is 1. The molecule has 2 N–H and O–H groups in total. The number of nitrogens with zero attached hydrogens (tertiary/aromatic N) is 3. The minimum atomic E-state index is -1.00. The first-order valence-corrected chi connectivity index (χ1v) is 9.92. The number of amides is 1. The summed E-state index contributed by atoms with van der Waals surface area (Å²) in [5.74, 6) is -0.842. The maximum Gasteiger partial charge on any atom is 0.347 e. The van der Waals surface area contributed by atoms with Gasteiger partial charge in [0, 0.05) is 5.92 Å². The molecular weight excluding hydrogens is 376 g/mol. The standard InChI is InChI=1S/C20H20N4O3S/c1-11-17(20(26)27)28-19(22-11)12(2)21-18(25)16-10-15(13-8-9-13)23-24(16)14-6-4-3-5-7-14/h3-7,10,12-13H,8-9H2,1-2H3,(H,21,25)(H,26,27). The molecule has 144 valence electrons. The Balaban J connectivity index is 1.61. The van der Waals surface area contributed by atoms with E-state index in [0.29, 0.717) is 22.3 Å². The van der Waals surface area contributed by atoms with Crippen LogP contribution in [-0.2, 0) is 0 Å². The summed E-state index contributed by atoms with van der Waals surface area (Å²) in [5, 5.41) is 17.4. The molecule has 7 nitrogen and oxygen atoms in total. The molecule has 28 heavy (non-hydrogen) atoms. The number of carboxylic acids is 1. The lowest BCUT2D eigenvalue weighted by atomic mass is 10.2. The van der Waals surface area contributed by atoms with Crippen molar-refractivity contribution in [3.63, 3.8) is 0 Å². The molecule has 0 aliphatic heterocycles. The highest BCUT2D eigenvalue weighted by atomic mass is 32.1. The number of aryl methyl sites for hydroxylation is 1. The third kappa shape index (κ3) is 3.55. The lowest BCUT2D eigenvalue weighted by molar-refractivity contribution is 0.0700. The Morgan fingerprint density at radius 3 is 2.61 bits per heavy atom. The molecule has 1 unspecified atom stereocenters. The van der Waals surface area contributed by atoms with E-state index < -0.39 is 12.0 Å². The van der Waals surface area contributed by atoms with Crippen LogP contribution in [0.1, 0.15) is 68.3 Å². The van der Waals surface area contributed by atoms with Crippen LogP contribution in [0, 0.1) is 6.92 Å². The van der Waals surface area contributed by atoms with Gasteiger partial charge < -0.3 is 10.4 Å². The molecule has 1 aliphatic rings. The molecule has 1 fully saturated rings. The predicted octanol–water partition coefficient (Wildman–Crippen LogP) is 3.70. The second-order valence-corrected chi connectivity index (χ2v) is 7.97. The van der Waals surface area contributed by atoms with E-state index in [0.717, 1.165) is 35.6 Å². The zero-order chi connectivity index (χ0) is 19.8. The number of aromatic carboxylic acids is 1. The summed E-state index contributed by atoms with van der Waals surface area (Å²) in [5.41, 5.74) is 2.68. The van der Waals surface area contributed by atoms with Crippen molar-refractivity contribution in [2.75, 3.05) is 0 Å². The van der Waals surface area contributed by atoms with Crippen molar-refractivity contribution in [2.45, 2.75) is 38.6 Å². The van der Waals surface area contributed by atoms with Gasteiger partial charge in [-0.1, -0.05) is 18.2 Å². The number of benzene rings is 1. The highest BCUT2D eigenvalue weighted by molar-refractivity contribution is 7.13. The molecular formula is C20H20N4O3S. The third-order valence-electron chi connectivity index (χ3n) is 4.68. The number of carboxylic acid groups (broad SMARTS) is 1. The Morgan fingerprint density at radius 1 is 1.29 bits per heavy atom. The van der Waals surface area contributed by atoms with Crippen LogP contribution in [0.5, 0.6) is 0 Å². The highest BCUT2D eigenvalue weighted by Gasteiger charge is 2.29. The molecule has 2 aromatic heterocycles. The molecule has 4 rings (SSSR count). The fourth-order valence-corrected chi connectivity index (χ4v) is 3.95. The van der Waals surface area contributed by atoms with Crippen LogP contribution in [0.25, 0.3) is 5.69 Å². The van der Waals surface area contributed by atoms with Crippen molar-refractivity contribution in [3.8, 4) is 5.69 Å². The molecule has 8 heteroatoms. The number of para-hydroxylation sites is 1. The second kappa shape index (κ2) is 7.20.